The molecule has 3 nitrogen and oxygen atoms in total. The van der Waals surface area contributed by atoms with Gasteiger partial charge in [0.05, 0.1) is 0 Å². The summed E-state index contributed by atoms with van der Waals surface area (Å²) in [6.45, 7) is 9.59. The average molecular weight is 297 g/mol. The van der Waals surface area contributed by atoms with E-state index in [1.807, 2.05) is 0 Å². The van der Waals surface area contributed by atoms with Crippen LogP contribution in [0.4, 0.5) is 0 Å². The van der Waals surface area contributed by atoms with Crippen molar-refractivity contribution in [3.05, 3.63) is 29.3 Å². The molecule has 112 valence electrons. The number of likely N-dealkylation sites (tertiary alicyclic amines) is 1. The monoisotopic (exact) mass is 296 g/mol. The Kier molecular flexibility index (Phi) is 4.33. The maximum absolute atomic E-state index is 6.13. The van der Waals surface area contributed by atoms with E-state index in [-0.39, 0.29) is 18.0 Å². The van der Waals surface area contributed by atoms with Crippen molar-refractivity contribution in [3.63, 3.8) is 0 Å². The summed E-state index contributed by atoms with van der Waals surface area (Å²) in [7, 11) is 0. The van der Waals surface area contributed by atoms with Crippen LogP contribution in [0.1, 0.15) is 31.9 Å². The predicted octanol–water partition coefficient (Wildman–Crippen LogP) is 2.60. The normalized spacial score (nSPS) is 27.8. The van der Waals surface area contributed by atoms with Gasteiger partial charge in [-0.1, -0.05) is 25.1 Å². The van der Waals surface area contributed by atoms with Crippen LogP contribution < -0.4 is 10.5 Å². The second-order valence-electron chi connectivity index (χ2n) is 6.78. The molecule has 2 atom stereocenters. The van der Waals surface area contributed by atoms with Crippen LogP contribution in [-0.2, 0) is 13.0 Å². The van der Waals surface area contributed by atoms with Crippen molar-refractivity contribution >= 4 is 12.4 Å². The van der Waals surface area contributed by atoms with Gasteiger partial charge < -0.3 is 10.5 Å². The Hall–Kier alpha value is -0.770. The standard InChI is InChI=1S/C16H24N2O.ClH/c1-11-8-18(10-14(11)17)9-13-6-4-5-12-7-16(2,3)19-15(12)13;/h4-6,11,14H,7-10,17H2,1-3H3;1H. The van der Waals surface area contributed by atoms with E-state index in [2.05, 4.69) is 43.9 Å². The highest BCUT2D eigenvalue weighted by Crippen LogP contribution is 2.38. The highest BCUT2D eigenvalue weighted by Gasteiger charge is 2.33. The molecule has 0 aliphatic carbocycles. The van der Waals surface area contributed by atoms with E-state index in [9.17, 15) is 0 Å². The van der Waals surface area contributed by atoms with E-state index in [1.54, 1.807) is 0 Å². The first-order valence-electron chi connectivity index (χ1n) is 7.22. The summed E-state index contributed by atoms with van der Waals surface area (Å²) in [5.74, 6) is 1.70. The number of hydrogen-bond acceptors (Lipinski definition) is 3. The Morgan fingerprint density at radius 3 is 2.75 bits per heavy atom. The van der Waals surface area contributed by atoms with Crippen LogP contribution in [0, 0.1) is 5.92 Å². The molecule has 1 saturated heterocycles. The lowest BCUT2D eigenvalue weighted by molar-refractivity contribution is 0.135. The van der Waals surface area contributed by atoms with Gasteiger partial charge in [0.2, 0.25) is 0 Å². The van der Waals surface area contributed by atoms with E-state index in [1.165, 1.54) is 11.1 Å². The summed E-state index contributed by atoms with van der Waals surface area (Å²) in [4.78, 5) is 2.44. The smallest absolute Gasteiger partial charge is 0.127 e. The van der Waals surface area contributed by atoms with Gasteiger partial charge in [0, 0.05) is 37.7 Å². The van der Waals surface area contributed by atoms with Crippen molar-refractivity contribution in [2.45, 2.75) is 45.4 Å². The molecule has 0 saturated carbocycles. The second-order valence-corrected chi connectivity index (χ2v) is 6.78. The van der Waals surface area contributed by atoms with Gasteiger partial charge in [0.25, 0.3) is 0 Å². The van der Waals surface area contributed by atoms with Gasteiger partial charge in [0.15, 0.2) is 0 Å². The molecule has 4 heteroatoms. The molecular weight excluding hydrogens is 272 g/mol. The number of halogens is 1. The first kappa shape index (κ1) is 15.6. The van der Waals surface area contributed by atoms with Gasteiger partial charge in [0.1, 0.15) is 11.4 Å². The minimum atomic E-state index is -0.0624. The molecule has 2 aliphatic rings. The molecule has 2 heterocycles. The zero-order valence-corrected chi connectivity index (χ0v) is 13.4. The number of ether oxygens (including phenoxy) is 1. The minimum Gasteiger partial charge on any atom is -0.487 e. The molecule has 2 unspecified atom stereocenters. The first-order valence-corrected chi connectivity index (χ1v) is 7.22. The summed E-state index contributed by atoms with van der Waals surface area (Å²) in [5, 5.41) is 0. The Morgan fingerprint density at radius 1 is 1.35 bits per heavy atom. The van der Waals surface area contributed by atoms with Gasteiger partial charge in [-0.2, -0.15) is 0 Å². The quantitative estimate of drug-likeness (QED) is 0.912. The fourth-order valence-corrected chi connectivity index (χ4v) is 3.27. The van der Waals surface area contributed by atoms with Gasteiger partial charge in [-0.05, 0) is 25.3 Å². The summed E-state index contributed by atoms with van der Waals surface area (Å²) in [5.41, 5.74) is 8.70. The molecule has 0 bridgehead atoms. The van der Waals surface area contributed by atoms with Crippen molar-refractivity contribution in [2.24, 2.45) is 11.7 Å². The number of hydrogen-bond donors (Lipinski definition) is 1. The molecule has 1 aromatic rings. The second kappa shape index (κ2) is 5.55. The molecule has 20 heavy (non-hydrogen) atoms. The van der Waals surface area contributed by atoms with Crippen LogP contribution in [0.5, 0.6) is 5.75 Å². The third-order valence-electron chi connectivity index (χ3n) is 4.31. The summed E-state index contributed by atoms with van der Waals surface area (Å²) in [6.07, 6.45) is 1.01. The summed E-state index contributed by atoms with van der Waals surface area (Å²) >= 11 is 0. The Labute approximate surface area is 127 Å². The van der Waals surface area contributed by atoms with Crippen molar-refractivity contribution in [2.75, 3.05) is 13.1 Å². The van der Waals surface area contributed by atoms with Crippen molar-refractivity contribution < 1.29 is 4.74 Å². The zero-order chi connectivity index (χ0) is 13.6. The van der Waals surface area contributed by atoms with Crippen LogP contribution in [0.3, 0.4) is 0 Å². The lowest BCUT2D eigenvalue weighted by Crippen LogP contribution is -2.28. The SMILES string of the molecule is CC1CN(Cc2cccc3c2OC(C)(C)C3)CC1N.Cl. The van der Waals surface area contributed by atoms with Crippen LogP contribution in [0.25, 0.3) is 0 Å². The molecular formula is C16H25ClN2O. The molecule has 0 amide bonds. The van der Waals surface area contributed by atoms with Crippen LogP contribution in [0.2, 0.25) is 0 Å². The molecule has 2 aliphatic heterocycles. The third kappa shape index (κ3) is 2.95. The van der Waals surface area contributed by atoms with Gasteiger partial charge in [-0.3, -0.25) is 4.90 Å². The molecule has 0 radical (unpaired) electrons. The number of benzene rings is 1. The molecule has 1 fully saturated rings. The van der Waals surface area contributed by atoms with E-state index >= 15 is 0 Å². The maximum atomic E-state index is 6.13. The third-order valence-corrected chi connectivity index (χ3v) is 4.31. The number of fused-ring (bicyclic) bond motifs is 1. The Bertz CT molecular complexity index is 479. The van der Waals surface area contributed by atoms with E-state index < -0.39 is 0 Å². The van der Waals surface area contributed by atoms with Crippen LogP contribution in [0.15, 0.2) is 18.2 Å². The van der Waals surface area contributed by atoms with E-state index in [0.717, 1.165) is 31.8 Å². The Morgan fingerprint density at radius 2 is 2.10 bits per heavy atom. The molecule has 2 N–H and O–H groups in total. The van der Waals surface area contributed by atoms with Crippen molar-refractivity contribution in [1.29, 1.82) is 0 Å². The lowest BCUT2D eigenvalue weighted by atomic mass is 10.0. The van der Waals surface area contributed by atoms with Crippen molar-refractivity contribution in [1.82, 2.24) is 4.90 Å². The van der Waals surface area contributed by atoms with Crippen molar-refractivity contribution in [3.8, 4) is 5.75 Å². The average Bonchev–Trinajstić information content (AvgIpc) is 2.79. The maximum Gasteiger partial charge on any atom is 0.127 e. The molecule has 1 aromatic carbocycles. The highest BCUT2D eigenvalue weighted by atomic mass is 35.5. The van der Waals surface area contributed by atoms with Crippen LogP contribution >= 0.6 is 12.4 Å². The largest absolute Gasteiger partial charge is 0.487 e. The number of para-hydroxylation sites is 1. The fourth-order valence-electron chi connectivity index (χ4n) is 3.27. The minimum absolute atomic E-state index is 0. The number of rotatable bonds is 2. The van der Waals surface area contributed by atoms with E-state index in [0.29, 0.717) is 12.0 Å². The first-order chi connectivity index (χ1) is 8.94. The topological polar surface area (TPSA) is 38.5 Å². The molecule has 3 rings (SSSR count). The van der Waals surface area contributed by atoms with Gasteiger partial charge >= 0.3 is 0 Å². The zero-order valence-electron chi connectivity index (χ0n) is 12.6. The molecule has 0 spiro atoms. The molecule has 0 aromatic heterocycles. The summed E-state index contributed by atoms with van der Waals surface area (Å²) in [6, 6.07) is 6.84. The fraction of sp³-hybridized carbons (Fsp3) is 0.625. The van der Waals surface area contributed by atoms with Gasteiger partial charge in [-0.25, -0.2) is 0 Å². The predicted molar refractivity (Wildman–Crippen MR) is 84.5 cm³/mol. The lowest BCUT2D eigenvalue weighted by Gasteiger charge is -2.20. The summed E-state index contributed by atoms with van der Waals surface area (Å²) < 4.78 is 6.13. The Balaban J connectivity index is 0.00000147. The highest BCUT2D eigenvalue weighted by molar-refractivity contribution is 5.85. The number of nitrogens with two attached hydrogens (primary N) is 1. The van der Waals surface area contributed by atoms with Crippen LogP contribution in [-0.4, -0.2) is 29.6 Å². The number of nitrogens with zero attached hydrogens (tertiary/aromatic N) is 1. The van der Waals surface area contributed by atoms with E-state index in [4.69, 9.17) is 10.5 Å². The van der Waals surface area contributed by atoms with Gasteiger partial charge in [-0.15, -0.1) is 12.4 Å².